The lowest BCUT2D eigenvalue weighted by atomic mass is 9.87. The smallest absolute Gasteiger partial charge is 0.267 e. The topological polar surface area (TPSA) is 84.6 Å². The van der Waals surface area contributed by atoms with E-state index in [1.54, 1.807) is 24.3 Å². The number of amides is 1. The normalized spacial score (nSPS) is 11.5. The van der Waals surface area contributed by atoms with Gasteiger partial charge in [0, 0.05) is 17.7 Å². The molecule has 6 nitrogen and oxygen atoms in total. The fourth-order valence-electron chi connectivity index (χ4n) is 2.03. The third-order valence-electron chi connectivity index (χ3n) is 3.50. The van der Waals surface area contributed by atoms with Crippen LogP contribution in [0.25, 0.3) is 0 Å². The van der Waals surface area contributed by atoms with Crippen LogP contribution in [0.1, 0.15) is 42.3 Å². The van der Waals surface area contributed by atoms with E-state index in [0.29, 0.717) is 11.1 Å². The third kappa shape index (κ3) is 4.49. The number of benzene rings is 2. The predicted molar refractivity (Wildman–Crippen MR) is 93.3 cm³/mol. The molecular formula is C18H19N3O3. The second-order valence-electron chi connectivity index (χ2n) is 6.38. The maximum Gasteiger partial charge on any atom is 0.271 e. The average Bonchev–Trinajstić information content (AvgIpc) is 2.54. The molecule has 0 fully saturated rings. The molecule has 6 heteroatoms. The molecule has 0 aliphatic rings. The van der Waals surface area contributed by atoms with Gasteiger partial charge in [0.25, 0.3) is 11.6 Å². The number of nitro benzene ring substituents is 1. The van der Waals surface area contributed by atoms with Gasteiger partial charge in [0.1, 0.15) is 0 Å². The highest BCUT2D eigenvalue weighted by Gasteiger charge is 2.14. The zero-order valence-corrected chi connectivity index (χ0v) is 13.8. The Bertz CT molecular complexity index is 758. The Morgan fingerprint density at radius 3 is 2.17 bits per heavy atom. The number of hydrogen-bond donors (Lipinski definition) is 1. The minimum absolute atomic E-state index is 0.00937. The summed E-state index contributed by atoms with van der Waals surface area (Å²) in [7, 11) is 0. The van der Waals surface area contributed by atoms with E-state index in [2.05, 4.69) is 31.3 Å². The quantitative estimate of drug-likeness (QED) is 0.529. The van der Waals surface area contributed by atoms with E-state index in [9.17, 15) is 14.9 Å². The molecular weight excluding hydrogens is 306 g/mol. The van der Waals surface area contributed by atoms with Gasteiger partial charge in [0.2, 0.25) is 0 Å². The lowest BCUT2D eigenvalue weighted by molar-refractivity contribution is -0.384. The van der Waals surface area contributed by atoms with Crippen LogP contribution in [0.15, 0.2) is 53.6 Å². The summed E-state index contributed by atoms with van der Waals surface area (Å²) in [6, 6.07) is 13.3. The van der Waals surface area contributed by atoms with Crippen molar-refractivity contribution >= 4 is 17.8 Å². The first-order valence-electron chi connectivity index (χ1n) is 7.46. The van der Waals surface area contributed by atoms with E-state index >= 15 is 0 Å². The molecule has 0 atom stereocenters. The van der Waals surface area contributed by atoms with Gasteiger partial charge in [-0.2, -0.15) is 5.10 Å². The van der Waals surface area contributed by atoms with Crippen molar-refractivity contribution < 1.29 is 9.72 Å². The molecule has 0 saturated heterocycles. The van der Waals surface area contributed by atoms with Crippen molar-refractivity contribution in [1.82, 2.24) is 5.43 Å². The summed E-state index contributed by atoms with van der Waals surface area (Å²) < 4.78 is 0. The molecule has 0 heterocycles. The Balaban J connectivity index is 1.98. The van der Waals surface area contributed by atoms with Crippen molar-refractivity contribution in [3.63, 3.8) is 0 Å². The highest BCUT2D eigenvalue weighted by Crippen LogP contribution is 2.22. The molecule has 0 aliphatic carbocycles. The number of nitro groups is 1. The van der Waals surface area contributed by atoms with E-state index in [4.69, 9.17) is 0 Å². The number of hydrogen-bond acceptors (Lipinski definition) is 4. The van der Waals surface area contributed by atoms with Gasteiger partial charge in [0.05, 0.1) is 11.1 Å². The van der Waals surface area contributed by atoms with Crippen LogP contribution in [-0.2, 0) is 5.41 Å². The van der Waals surface area contributed by atoms with Crippen LogP contribution in [0.4, 0.5) is 5.69 Å². The first kappa shape index (κ1) is 17.3. The largest absolute Gasteiger partial charge is 0.271 e. The van der Waals surface area contributed by atoms with Gasteiger partial charge in [-0.25, -0.2) is 5.43 Å². The molecule has 2 rings (SSSR count). The van der Waals surface area contributed by atoms with Crippen LogP contribution < -0.4 is 5.43 Å². The fourth-order valence-corrected chi connectivity index (χ4v) is 2.03. The Hall–Kier alpha value is -3.02. The summed E-state index contributed by atoms with van der Waals surface area (Å²) in [4.78, 5) is 22.1. The molecule has 0 radical (unpaired) electrons. The van der Waals surface area contributed by atoms with Crippen LogP contribution in [0.3, 0.4) is 0 Å². The SMILES string of the molecule is CC(C)(C)c1ccc(C(=O)NN=Cc2ccc([N+](=O)[O-])cc2)cc1. The first-order valence-corrected chi connectivity index (χ1v) is 7.46. The summed E-state index contributed by atoms with van der Waals surface area (Å²) >= 11 is 0. The molecule has 0 saturated carbocycles. The van der Waals surface area contributed by atoms with E-state index in [1.165, 1.54) is 18.3 Å². The summed E-state index contributed by atoms with van der Waals surface area (Å²) in [6.45, 7) is 6.32. The number of hydrazone groups is 1. The van der Waals surface area contributed by atoms with E-state index in [-0.39, 0.29) is 17.0 Å². The molecule has 0 aliphatic heterocycles. The first-order chi connectivity index (χ1) is 11.3. The molecule has 0 bridgehead atoms. The highest BCUT2D eigenvalue weighted by atomic mass is 16.6. The van der Waals surface area contributed by atoms with Crippen molar-refractivity contribution in [2.45, 2.75) is 26.2 Å². The van der Waals surface area contributed by atoms with Gasteiger partial charge < -0.3 is 0 Å². The van der Waals surface area contributed by atoms with E-state index in [0.717, 1.165) is 5.56 Å². The minimum atomic E-state index is -0.468. The number of carbonyl (C=O) groups is 1. The second kappa shape index (κ2) is 7.04. The standard InChI is InChI=1S/C18H19N3O3/c1-18(2,3)15-8-6-14(7-9-15)17(22)20-19-12-13-4-10-16(11-5-13)21(23)24/h4-12H,1-3H3,(H,20,22). The lowest BCUT2D eigenvalue weighted by Crippen LogP contribution is -2.18. The van der Waals surface area contributed by atoms with Gasteiger partial charge in [0.15, 0.2) is 0 Å². The van der Waals surface area contributed by atoms with E-state index < -0.39 is 4.92 Å². The fraction of sp³-hybridized carbons (Fsp3) is 0.222. The van der Waals surface area contributed by atoms with Crippen molar-refractivity contribution in [2.24, 2.45) is 5.10 Å². The van der Waals surface area contributed by atoms with Crippen LogP contribution in [-0.4, -0.2) is 17.0 Å². The molecule has 2 aromatic rings. The monoisotopic (exact) mass is 325 g/mol. The third-order valence-corrected chi connectivity index (χ3v) is 3.50. The van der Waals surface area contributed by atoms with Crippen molar-refractivity contribution in [3.8, 4) is 0 Å². The van der Waals surface area contributed by atoms with Crippen LogP contribution in [0.2, 0.25) is 0 Å². The minimum Gasteiger partial charge on any atom is -0.267 e. The molecule has 1 amide bonds. The molecule has 0 aromatic heterocycles. The predicted octanol–water partition coefficient (Wildman–Crippen LogP) is 3.66. The van der Waals surface area contributed by atoms with Crippen LogP contribution in [0.5, 0.6) is 0 Å². The number of rotatable bonds is 4. The summed E-state index contributed by atoms with van der Waals surface area (Å²) in [6.07, 6.45) is 1.44. The van der Waals surface area contributed by atoms with Gasteiger partial charge in [-0.3, -0.25) is 14.9 Å². The zero-order chi connectivity index (χ0) is 17.7. The Morgan fingerprint density at radius 1 is 1.08 bits per heavy atom. The zero-order valence-electron chi connectivity index (χ0n) is 13.8. The Morgan fingerprint density at radius 2 is 1.67 bits per heavy atom. The molecule has 24 heavy (non-hydrogen) atoms. The van der Waals surface area contributed by atoms with Gasteiger partial charge in [-0.15, -0.1) is 0 Å². The maximum atomic E-state index is 12.0. The van der Waals surface area contributed by atoms with Crippen molar-refractivity contribution in [3.05, 3.63) is 75.3 Å². The highest BCUT2D eigenvalue weighted by molar-refractivity contribution is 5.94. The van der Waals surface area contributed by atoms with Crippen LogP contribution in [0, 0.1) is 10.1 Å². The van der Waals surface area contributed by atoms with Crippen molar-refractivity contribution in [1.29, 1.82) is 0 Å². The molecule has 124 valence electrons. The number of nitrogens with zero attached hydrogens (tertiary/aromatic N) is 2. The number of carbonyl (C=O) groups excluding carboxylic acids is 1. The summed E-state index contributed by atoms with van der Waals surface area (Å²) in [5, 5.41) is 14.4. The van der Waals surface area contributed by atoms with E-state index in [1.807, 2.05) is 12.1 Å². The van der Waals surface area contributed by atoms with Crippen LogP contribution >= 0.6 is 0 Å². The summed E-state index contributed by atoms with van der Waals surface area (Å²) in [5.74, 6) is -0.311. The average molecular weight is 325 g/mol. The molecule has 2 aromatic carbocycles. The second-order valence-corrected chi connectivity index (χ2v) is 6.38. The Labute approximate surface area is 140 Å². The number of non-ortho nitro benzene ring substituents is 1. The van der Waals surface area contributed by atoms with Gasteiger partial charge in [-0.1, -0.05) is 32.9 Å². The summed E-state index contributed by atoms with van der Waals surface area (Å²) in [5.41, 5.74) is 4.80. The molecule has 1 N–H and O–H groups in total. The maximum absolute atomic E-state index is 12.0. The lowest BCUT2D eigenvalue weighted by Gasteiger charge is -2.18. The van der Waals surface area contributed by atoms with Crippen molar-refractivity contribution in [2.75, 3.05) is 0 Å². The molecule has 0 unspecified atom stereocenters. The Kier molecular flexibility index (Phi) is 5.08. The van der Waals surface area contributed by atoms with Gasteiger partial charge >= 0.3 is 0 Å². The number of nitrogens with one attached hydrogen (secondary N) is 1. The van der Waals surface area contributed by atoms with Gasteiger partial charge in [-0.05, 0) is 40.8 Å². The molecule has 0 spiro atoms.